The van der Waals surface area contributed by atoms with Gasteiger partial charge in [0.15, 0.2) is 22.9 Å². The van der Waals surface area contributed by atoms with E-state index in [0.29, 0.717) is 23.8 Å². The average molecular weight is 428 g/mol. The van der Waals surface area contributed by atoms with Gasteiger partial charge in [-0.15, -0.1) is 0 Å². The largest absolute Gasteiger partial charge is 0.493 e. The van der Waals surface area contributed by atoms with Crippen molar-refractivity contribution < 1.29 is 9.15 Å². The van der Waals surface area contributed by atoms with Gasteiger partial charge in [0.05, 0.1) is 25.8 Å². The Balaban J connectivity index is 1.81. The maximum Gasteiger partial charge on any atom is 0.198 e. The van der Waals surface area contributed by atoms with Crippen LogP contribution in [-0.4, -0.2) is 34.7 Å². The number of aryl methyl sites for hydroxylation is 3. The van der Waals surface area contributed by atoms with Gasteiger partial charge in [-0.2, -0.15) is 10.5 Å². The number of fused-ring (bicyclic) bond motifs is 2. The molecule has 4 rings (SSSR count). The van der Waals surface area contributed by atoms with Crippen molar-refractivity contribution in [2.24, 2.45) is 0 Å². The molecule has 0 aliphatic rings. The fraction of sp³-hybridized carbons (Fsp3) is 0.333. The lowest BCUT2D eigenvalue weighted by Gasteiger charge is -2.13. The first kappa shape index (κ1) is 21.2. The van der Waals surface area contributed by atoms with Crippen LogP contribution >= 0.6 is 0 Å². The lowest BCUT2D eigenvalue weighted by atomic mass is 10.1. The minimum absolute atomic E-state index is 0.0633. The Morgan fingerprint density at radius 2 is 1.84 bits per heavy atom. The van der Waals surface area contributed by atoms with Gasteiger partial charge in [0, 0.05) is 23.6 Å². The van der Waals surface area contributed by atoms with Crippen molar-refractivity contribution >= 4 is 28.0 Å². The van der Waals surface area contributed by atoms with Gasteiger partial charge >= 0.3 is 0 Å². The molecule has 0 saturated heterocycles. The van der Waals surface area contributed by atoms with Crippen molar-refractivity contribution in [2.45, 2.75) is 33.7 Å². The fourth-order valence-electron chi connectivity index (χ4n) is 4.01. The zero-order valence-corrected chi connectivity index (χ0v) is 18.6. The number of ether oxygens (including phenoxy) is 1. The molecule has 0 unspecified atom stereocenters. The van der Waals surface area contributed by atoms with Gasteiger partial charge in [0.2, 0.25) is 0 Å². The fourth-order valence-corrected chi connectivity index (χ4v) is 4.01. The molecular formula is C24H24N6O2. The second kappa shape index (κ2) is 8.60. The maximum atomic E-state index is 9.08. The van der Waals surface area contributed by atoms with E-state index in [1.165, 1.54) is 0 Å². The number of nitriles is 2. The Morgan fingerprint density at radius 3 is 2.50 bits per heavy atom. The van der Waals surface area contributed by atoms with Crippen LogP contribution in [0.5, 0.6) is 5.75 Å². The highest BCUT2D eigenvalue weighted by Gasteiger charge is 2.18. The number of anilines is 1. The molecule has 162 valence electrons. The molecule has 0 amide bonds. The van der Waals surface area contributed by atoms with Gasteiger partial charge in [0.1, 0.15) is 24.4 Å². The van der Waals surface area contributed by atoms with Crippen molar-refractivity contribution in [1.82, 2.24) is 14.5 Å². The Morgan fingerprint density at radius 1 is 1.09 bits per heavy atom. The lowest BCUT2D eigenvalue weighted by Crippen LogP contribution is -2.23. The summed E-state index contributed by atoms with van der Waals surface area (Å²) in [5.74, 6) is 2.04. The predicted molar refractivity (Wildman–Crippen MR) is 122 cm³/mol. The molecule has 3 aromatic heterocycles. The number of aromatic nitrogens is 3. The SMILES string of the molecule is CCc1nc2c(C)cc(C)nc2n1Cc1cc(OC)c2oc(N(CC#N)CC#N)cc2c1. The van der Waals surface area contributed by atoms with E-state index in [1.54, 1.807) is 12.0 Å². The molecule has 0 atom stereocenters. The first-order valence-corrected chi connectivity index (χ1v) is 10.4. The quantitative estimate of drug-likeness (QED) is 0.405. The summed E-state index contributed by atoms with van der Waals surface area (Å²) < 4.78 is 13.7. The number of nitrogens with zero attached hydrogens (tertiary/aromatic N) is 6. The number of pyridine rings is 1. The van der Waals surface area contributed by atoms with Crippen molar-refractivity contribution in [3.63, 3.8) is 0 Å². The molecule has 0 aliphatic carbocycles. The van der Waals surface area contributed by atoms with Gasteiger partial charge < -0.3 is 18.6 Å². The second-order valence-electron chi connectivity index (χ2n) is 7.69. The van der Waals surface area contributed by atoms with E-state index in [4.69, 9.17) is 29.6 Å². The van der Waals surface area contributed by atoms with E-state index < -0.39 is 0 Å². The van der Waals surface area contributed by atoms with Gasteiger partial charge in [-0.25, -0.2) is 9.97 Å². The number of benzene rings is 1. The van der Waals surface area contributed by atoms with E-state index in [9.17, 15) is 0 Å². The first-order chi connectivity index (χ1) is 15.5. The number of hydrogen-bond donors (Lipinski definition) is 0. The molecule has 8 nitrogen and oxygen atoms in total. The third-order valence-electron chi connectivity index (χ3n) is 5.44. The summed E-state index contributed by atoms with van der Waals surface area (Å²) >= 11 is 0. The molecular weight excluding hydrogens is 404 g/mol. The minimum Gasteiger partial charge on any atom is -0.493 e. The molecule has 0 spiro atoms. The predicted octanol–water partition coefficient (Wildman–Crippen LogP) is 4.27. The van der Waals surface area contributed by atoms with Crippen molar-refractivity contribution in [3.8, 4) is 17.9 Å². The number of furan rings is 1. The molecule has 0 N–H and O–H groups in total. The molecule has 8 heteroatoms. The third kappa shape index (κ3) is 3.72. The average Bonchev–Trinajstić information content (AvgIpc) is 3.35. The molecule has 32 heavy (non-hydrogen) atoms. The summed E-state index contributed by atoms with van der Waals surface area (Å²) in [4.78, 5) is 11.2. The van der Waals surface area contributed by atoms with Gasteiger partial charge in [0.25, 0.3) is 0 Å². The zero-order valence-electron chi connectivity index (χ0n) is 18.6. The highest BCUT2D eigenvalue weighted by Crippen LogP contribution is 2.34. The minimum atomic E-state index is 0.0633. The lowest BCUT2D eigenvalue weighted by molar-refractivity contribution is 0.409. The molecule has 0 bridgehead atoms. The van der Waals surface area contributed by atoms with Crippen molar-refractivity contribution in [3.05, 3.63) is 46.9 Å². The molecule has 0 saturated carbocycles. The van der Waals surface area contributed by atoms with Crippen LogP contribution in [0, 0.1) is 36.5 Å². The van der Waals surface area contributed by atoms with Gasteiger partial charge in [-0.3, -0.25) is 0 Å². The normalized spacial score (nSPS) is 10.9. The Hall–Kier alpha value is -4.04. The van der Waals surface area contributed by atoms with E-state index in [-0.39, 0.29) is 13.1 Å². The number of hydrogen-bond acceptors (Lipinski definition) is 7. The number of methoxy groups -OCH3 is 1. The van der Waals surface area contributed by atoms with Crippen molar-refractivity contribution in [2.75, 3.05) is 25.1 Å². The summed E-state index contributed by atoms with van der Waals surface area (Å²) in [7, 11) is 1.60. The van der Waals surface area contributed by atoms with Crippen LogP contribution in [0.3, 0.4) is 0 Å². The molecule has 1 aromatic carbocycles. The van der Waals surface area contributed by atoms with Gasteiger partial charge in [-0.1, -0.05) is 6.92 Å². The van der Waals surface area contributed by atoms with Crippen LogP contribution in [0.25, 0.3) is 22.1 Å². The summed E-state index contributed by atoms with van der Waals surface area (Å²) in [6.07, 6.45) is 0.793. The molecule has 0 radical (unpaired) electrons. The Bertz CT molecular complexity index is 1370. The van der Waals surface area contributed by atoms with Crippen molar-refractivity contribution in [1.29, 1.82) is 10.5 Å². The van der Waals surface area contributed by atoms with Crippen LogP contribution < -0.4 is 9.64 Å². The summed E-state index contributed by atoms with van der Waals surface area (Å²) in [6, 6.07) is 12.0. The van der Waals surface area contributed by atoms with Crippen LogP contribution in [-0.2, 0) is 13.0 Å². The summed E-state index contributed by atoms with van der Waals surface area (Å²) in [6.45, 7) is 6.85. The van der Waals surface area contributed by atoms with Crippen LogP contribution in [0.1, 0.15) is 29.6 Å². The summed E-state index contributed by atoms with van der Waals surface area (Å²) in [5.41, 5.74) is 5.48. The summed E-state index contributed by atoms with van der Waals surface area (Å²) in [5, 5.41) is 19.0. The van der Waals surface area contributed by atoms with E-state index in [1.807, 2.05) is 25.1 Å². The number of rotatable bonds is 7. The molecule has 4 aromatic rings. The standard InChI is InChI=1S/C24H24N6O2/c1-5-20-28-22-15(2)10-16(3)27-24(22)30(20)14-17-11-18-13-21(29(8-6-25)9-7-26)32-23(18)19(12-17)31-4/h10-13H,5,8-9,14H2,1-4H3. The Labute approximate surface area is 186 Å². The highest BCUT2D eigenvalue weighted by molar-refractivity contribution is 5.87. The first-order valence-electron chi connectivity index (χ1n) is 10.4. The third-order valence-corrected chi connectivity index (χ3v) is 5.44. The smallest absolute Gasteiger partial charge is 0.198 e. The second-order valence-corrected chi connectivity index (χ2v) is 7.69. The van der Waals surface area contributed by atoms with Crippen LogP contribution in [0.2, 0.25) is 0 Å². The molecule has 0 fully saturated rings. The van der Waals surface area contributed by atoms with E-state index in [0.717, 1.165) is 45.6 Å². The monoisotopic (exact) mass is 428 g/mol. The van der Waals surface area contributed by atoms with Crippen LogP contribution in [0.4, 0.5) is 5.88 Å². The van der Waals surface area contributed by atoms with Gasteiger partial charge in [-0.05, 0) is 43.2 Å². The molecule has 3 heterocycles. The highest BCUT2D eigenvalue weighted by atomic mass is 16.5. The maximum absolute atomic E-state index is 9.08. The topological polar surface area (TPSA) is 104 Å². The van der Waals surface area contributed by atoms with E-state index in [2.05, 4.69) is 36.6 Å². The number of imidazole rings is 1. The van der Waals surface area contributed by atoms with E-state index >= 15 is 0 Å². The van der Waals surface area contributed by atoms with Crippen LogP contribution in [0.15, 0.2) is 28.7 Å². The zero-order chi connectivity index (χ0) is 22.8. The molecule has 0 aliphatic heterocycles. The Kier molecular flexibility index (Phi) is 5.70.